The lowest BCUT2D eigenvalue weighted by atomic mass is 9.84. The van der Waals surface area contributed by atoms with Crippen molar-refractivity contribution in [1.29, 1.82) is 0 Å². The predicted molar refractivity (Wildman–Crippen MR) is 85.1 cm³/mol. The Labute approximate surface area is 125 Å². The molecule has 1 atom stereocenters. The molecule has 0 radical (unpaired) electrons. The molecule has 3 nitrogen and oxygen atoms in total. The smallest absolute Gasteiger partial charge is 0.0698 e. The zero-order chi connectivity index (χ0) is 14.4. The van der Waals surface area contributed by atoms with E-state index >= 15 is 0 Å². The van der Waals surface area contributed by atoms with E-state index in [4.69, 9.17) is 4.74 Å². The van der Waals surface area contributed by atoms with Crippen LogP contribution >= 0.6 is 0 Å². The minimum atomic E-state index is 0.464. The number of nitrogens with zero attached hydrogens (tertiary/aromatic N) is 1. The second-order valence-electron chi connectivity index (χ2n) is 7.47. The van der Waals surface area contributed by atoms with Crippen LogP contribution in [0.15, 0.2) is 0 Å². The minimum absolute atomic E-state index is 0.464. The highest BCUT2D eigenvalue weighted by Gasteiger charge is 2.36. The fraction of sp³-hybridized carbons (Fsp3) is 1.00. The van der Waals surface area contributed by atoms with Crippen LogP contribution in [0.4, 0.5) is 0 Å². The number of likely N-dealkylation sites (tertiary alicyclic amines) is 1. The van der Waals surface area contributed by atoms with Crippen LogP contribution < -0.4 is 5.32 Å². The zero-order valence-electron chi connectivity index (χ0n) is 13.8. The Morgan fingerprint density at radius 2 is 2.00 bits per heavy atom. The molecule has 3 heteroatoms. The maximum atomic E-state index is 5.57. The van der Waals surface area contributed by atoms with Crippen LogP contribution in [0.5, 0.6) is 0 Å². The second kappa shape index (κ2) is 7.77. The van der Waals surface area contributed by atoms with Gasteiger partial charge < -0.3 is 15.0 Å². The summed E-state index contributed by atoms with van der Waals surface area (Å²) in [5.74, 6) is 0.751. The van der Waals surface area contributed by atoms with Gasteiger partial charge in [-0.15, -0.1) is 0 Å². The normalized spacial score (nSPS) is 27.3. The third-order valence-corrected chi connectivity index (χ3v) is 5.07. The average molecular weight is 282 g/mol. The van der Waals surface area contributed by atoms with Gasteiger partial charge in [0.2, 0.25) is 0 Å². The van der Waals surface area contributed by atoms with Gasteiger partial charge in [0.1, 0.15) is 0 Å². The molecule has 1 N–H and O–H groups in total. The molecule has 2 rings (SSSR count). The molecular formula is C17H34N2O. The lowest BCUT2D eigenvalue weighted by molar-refractivity contribution is 0.0144. The van der Waals surface area contributed by atoms with Crippen molar-refractivity contribution in [2.75, 3.05) is 39.8 Å². The molecule has 20 heavy (non-hydrogen) atoms. The van der Waals surface area contributed by atoms with Gasteiger partial charge in [-0.25, -0.2) is 0 Å². The fourth-order valence-corrected chi connectivity index (χ4v) is 3.97. The van der Waals surface area contributed by atoms with Crippen LogP contribution in [0.3, 0.4) is 0 Å². The molecular weight excluding hydrogens is 248 g/mol. The Balaban J connectivity index is 1.84. The van der Waals surface area contributed by atoms with Gasteiger partial charge in [0.25, 0.3) is 0 Å². The molecule has 1 saturated carbocycles. The summed E-state index contributed by atoms with van der Waals surface area (Å²) >= 11 is 0. The summed E-state index contributed by atoms with van der Waals surface area (Å²) in [5.41, 5.74) is 0.532. The number of hydrogen-bond donors (Lipinski definition) is 1. The molecule has 0 amide bonds. The molecule has 2 aliphatic rings. The summed E-state index contributed by atoms with van der Waals surface area (Å²) in [6.45, 7) is 10.6. The number of ether oxygens (including phenoxy) is 1. The van der Waals surface area contributed by atoms with Gasteiger partial charge in [0.05, 0.1) is 6.10 Å². The van der Waals surface area contributed by atoms with E-state index in [2.05, 4.69) is 24.1 Å². The van der Waals surface area contributed by atoms with Crippen molar-refractivity contribution in [2.45, 2.75) is 58.5 Å². The third kappa shape index (κ3) is 4.71. The molecule has 1 heterocycles. The molecule has 0 spiro atoms. The van der Waals surface area contributed by atoms with Crippen LogP contribution in [0.25, 0.3) is 0 Å². The van der Waals surface area contributed by atoms with Crippen molar-refractivity contribution >= 4 is 0 Å². The van der Waals surface area contributed by atoms with Crippen molar-refractivity contribution < 1.29 is 4.74 Å². The minimum Gasteiger partial charge on any atom is -0.380 e. The van der Waals surface area contributed by atoms with Crippen LogP contribution in [0.1, 0.15) is 52.4 Å². The van der Waals surface area contributed by atoms with Gasteiger partial charge in [0.15, 0.2) is 0 Å². The lowest BCUT2D eigenvalue weighted by Gasteiger charge is -2.39. The molecule has 1 unspecified atom stereocenters. The Morgan fingerprint density at radius 3 is 2.65 bits per heavy atom. The Morgan fingerprint density at radius 1 is 1.25 bits per heavy atom. The van der Waals surface area contributed by atoms with Gasteiger partial charge in [0, 0.05) is 26.7 Å². The highest BCUT2D eigenvalue weighted by molar-refractivity contribution is 4.91. The standard InChI is InChI=1S/C17H34N2O/c1-15(2)11-18-13-17(8-4-5-9-17)14-19-10-6-7-16(12-19)20-3/h15-16,18H,4-14H2,1-3H3. The summed E-state index contributed by atoms with van der Waals surface area (Å²) in [6.07, 6.45) is 8.67. The number of rotatable bonds is 7. The maximum Gasteiger partial charge on any atom is 0.0698 e. The van der Waals surface area contributed by atoms with Crippen LogP contribution in [-0.2, 0) is 4.74 Å². The van der Waals surface area contributed by atoms with E-state index in [1.807, 2.05) is 7.11 Å². The molecule has 1 aliphatic carbocycles. The first-order chi connectivity index (χ1) is 9.63. The van der Waals surface area contributed by atoms with Crippen molar-refractivity contribution in [3.8, 4) is 0 Å². The SMILES string of the molecule is COC1CCCN(CC2(CNCC(C)C)CCCC2)C1. The molecule has 1 aliphatic heterocycles. The zero-order valence-corrected chi connectivity index (χ0v) is 13.8. The van der Waals surface area contributed by atoms with Crippen LogP contribution in [0, 0.1) is 11.3 Å². The molecule has 118 valence electrons. The molecule has 0 aromatic heterocycles. The van der Waals surface area contributed by atoms with E-state index < -0.39 is 0 Å². The lowest BCUT2D eigenvalue weighted by Crippen LogP contribution is -2.48. The van der Waals surface area contributed by atoms with Crippen molar-refractivity contribution in [3.63, 3.8) is 0 Å². The van der Waals surface area contributed by atoms with Crippen molar-refractivity contribution in [3.05, 3.63) is 0 Å². The highest BCUT2D eigenvalue weighted by atomic mass is 16.5. The van der Waals surface area contributed by atoms with E-state index in [9.17, 15) is 0 Å². The topological polar surface area (TPSA) is 24.5 Å². The summed E-state index contributed by atoms with van der Waals surface area (Å²) < 4.78 is 5.57. The Kier molecular flexibility index (Phi) is 6.31. The second-order valence-corrected chi connectivity index (χ2v) is 7.47. The molecule has 0 aromatic carbocycles. The quantitative estimate of drug-likeness (QED) is 0.777. The fourth-order valence-electron chi connectivity index (χ4n) is 3.97. The van der Waals surface area contributed by atoms with Crippen LogP contribution in [0.2, 0.25) is 0 Å². The summed E-state index contributed by atoms with van der Waals surface area (Å²) in [7, 11) is 1.86. The van der Waals surface area contributed by atoms with E-state index in [1.165, 1.54) is 58.2 Å². The van der Waals surface area contributed by atoms with Gasteiger partial charge in [-0.2, -0.15) is 0 Å². The summed E-state index contributed by atoms with van der Waals surface area (Å²) in [5, 5.41) is 3.72. The predicted octanol–water partition coefficient (Wildman–Crippen LogP) is 2.90. The van der Waals surface area contributed by atoms with Crippen molar-refractivity contribution in [2.24, 2.45) is 11.3 Å². The average Bonchev–Trinajstić information content (AvgIpc) is 2.87. The van der Waals surface area contributed by atoms with E-state index in [0.29, 0.717) is 11.5 Å². The third-order valence-electron chi connectivity index (χ3n) is 5.07. The molecule has 0 aromatic rings. The van der Waals surface area contributed by atoms with E-state index in [1.54, 1.807) is 0 Å². The summed E-state index contributed by atoms with van der Waals surface area (Å²) in [4.78, 5) is 2.67. The first-order valence-electron chi connectivity index (χ1n) is 8.59. The first-order valence-corrected chi connectivity index (χ1v) is 8.59. The molecule has 2 fully saturated rings. The summed E-state index contributed by atoms with van der Waals surface area (Å²) in [6, 6.07) is 0. The van der Waals surface area contributed by atoms with Gasteiger partial charge in [-0.05, 0) is 50.1 Å². The number of hydrogen-bond acceptors (Lipinski definition) is 3. The number of nitrogens with one attached hydrogen (secondary N) is 1. The molecule has 1 saturated heterocycles. The van der Waals surface area contributed by atoms with E-state index in [0.717, 1.165) is 19.0 Å². The Hall–Kier alpha value is -0.120. The monoisotopic (exact) mass is 282 g/mol. The van der Waals surface area contributed by atoms with E-state index in [-0.39, 0.29) is 0 Å². The Bertz CT molecular complexity index is 274. The number of methoxy groups -OCH3 is 1. The van der Waals surface area contributed by atoms with Gasteiger partial charge in [-0.3, -0.25) is 0 Å². The molecule has 0 bridgehead atoms. The van der Waals surface area contributed by atoms with Gasteiger partial charge in [-0.1, -0.05) is 26.7 Å². The van der Waals surface area contributed by atoms with Crippen molar-refractivity contribution in [1.82, 2.24) is 10.2 Å². The van der Waals surface area contributed by atoms with Crippen LogP contribution in [-0.4, -0.2) is 50.8 Å². The maximum absolute atomic E-state index is 5.57. The first kappa shape index (κ1) is 16.3. The highest BCUT2D eigenvalue weighted by Crippen LogP contribution is 2.38. The number of piperidine rings is 1. The largest absolute Gasteiger partial charge is 0.380 e. The van der Waals surface area contributed by atoms with Gasteiger partial charge >= 0.3 is 0 Å².